The van der Waals surface area contributed by atoms with Crippen LogP contribution in [0.15, 0.2) is 59.6 Å². The van der Waals surface area contributed by atoms with Crippen LogP contribution < -0.4 is 10.1 Å². The van der Waals surface area contributed by atoms with E-state index < -0.39 is 4.92 Å². The molecule has 0 atom stereocenters. The second-order valence-corrected chi connectivity index (χ2v) is 5.41. The molecule has 1 aliphatic heterocycles. The highest BCUT2D eigenvalue weighted by atomic mass is 16.6. The number of methoxy groups -OCH3 is 1. The van der Waals surface area contributed by atoms with Gasteiger partial charge in [0.2, 0.25) is 0 Å². The first-order chi connectivity index (χ1) is 11.7. The van der Waals surface area contributed by atoms with Crippen LogP contribution in [0, 0.1) is 10.1 Å². The van der Waals surface area contributed by atoms with E-state index in [1.54, 1.807) is 12.1 Å². The van der Waals surface area contributed by atoms with Crippen molar-refractivity contribution >= 4 is 33.7 Å². The number of nitrogens with zero attached hydrogens (tertiary/aromatic N) is 2. The summed E-state index contributed by atoms with van der Waals surface area (Å²) in [5.41, 5.74) is 2.33. The summed E-state index contributed by atoms with van der Waals surface area (Å²) in [5, 5.41) is 16.6. The number of hydrogen-bond donors (Lipinski definition) is 1. The van der Waals surface area contributed by atoms with Gasteiger partial charge in [0.25, 0.3) is 0 Å². The minimum Gasteiger partial charge on any atom is -0.490 e. The van der Waals surface area contributed by atoms with Crippen LogP contribution in [0.25, 0.3) is 10.8 Å². The molecule has 1 heterocycles. The Kier molecular flexibility index (Phi) is 3.16. The molecule has 3 aromatic carbocycles. The number of nitrogens with one attached hydrogen (secondary N) is 1. The summed E-state index contributed by atoms with van der Waals surface area (Å²) >= 11 is 0. The van der Waals surface area contributed by atoms with E-state index >= 15 is 0 Å². The lowest BCUT2D eigenvalue weighted by atomic mass is 10.0. The van der Waals surface area contributed by atoms with E-state index in [1.165, 1.54) is 13.2 Å². The van der Waals surface area contributed by atoms with Crippen molar-refractivity contribution in [3.63, 3.8) is 0 Å². The molecule has 6 heteroatoms. The molecule has 24 heavy (non-hydrogen) atoms. The summed E-state index contributed by atoms with van der Waals surface area (Å²) in [7, 11) is 1.41. The van der Waals surface area contributed by atoms with E-state index in [1.807, 2.05) is 36.4 Å². The molecule has 0 spiro atoms. The Labute approximate surface area is 137 Å². The van der Waals surface area contributed by atoms with Crippen molar-refractivity contribution in [2.75, 3.05) is 12.4 Å². The van der Waals surface area contributed by atoms with E-state index in [4.69, 9.17) is 4.74 Å². The first-order valence-electron chi connectivity index (χ1n) is 7.37. The van der Waals surface area contributed by atoms with Crippen molar-refractivity contribution in [3.05, 3.63) is 70.3 Å². The van der Waals surface area contributed by atoms with Gasteiger partial charge in [0, 0.05) is 22.7 Å². The predicted molar refractivity (Wildman–Crippen MR) is 93.4 cm³/mol. The zero-order valence-corrected chi connectivity index (χ0v) is 12.8. The minimum absolute atomic E-state index is 0.0865. The van der Waals surface area contributed by atoms with Crippen LogP contribution >= 0.6 is 0 Å². The van der Waals surface area contributed by atoms with Crippen LogP contribution in [-0.2, 0) is 0 Å². The van der Waals surface area contributed by atoms with Crippen LogP contribution in [0.5, 0.6) is 5.75 Å². The fourth-order valence-corrected chi connectivity index (χ4v) is 2.91. The summed E-state index contributed by atoms with van der Waals surface area (Å²) in [5.74, 6) is 0.801. The number of amidine groups is 1. The van der Waals surface area contributed by atoms with Crippen LogP contribution in [0.3, 0.4) is 0 Å². The fourth-order valence-electron chi connectivity index (χ4n) is 2.91. The third-order valence-corrected chi connectivity index (χ3v) is 4.02. The highest BCUT2D eigenvalue weighted by Gasteiger charge is 2.20. The van der Waals surface area contributed by atoms with Gasteiger partial charge in [-0.25, -0.2) is 4.99 Å². The second kappa shape index (κ2) is 5.34. The molecule has 0 saturated carbocycles. The molecule has 0 aliphatic carbocycles. The molecular formula is C18H13N3O3. The quantitative estimate of drug-likeness (QED) is 0.578. The van der Waals surface area contributed by atoms with Gasteiger partial charge < -0.3 is 10.1 Å². The highest BCUT2D eigenvalue weighted by Crippen LogP contribution is 2.37. The monoisotopic (exact) mass is 319 g/mol. The van der Waals surface area contributed by atoms with E-state index in [2.05, 4.69) is 10.3 Å². The van der Waals surface area contributed by atoms with E-state index in [9.17, 15) is 10.1 Å². The number of nitro groups is 1. The number of benzene rings is 3. The number of hydrogen-bond acceptors (Lipinski definition) is 5. The van der Waals surface area contributed by atoms with Gasteiger partial charge >= 0.3 is 5.69 Å². The third-order valence-electron chi connectivity index (χ3n) is 4.02. The Morgan fingerprint density at radius 3 is 2.67 bits per heavy atom. The van der Waals surface area contributed by atoms with Crippen molar-refractivity contribution < 1.29 is 9.66 Å². The Morgan fingerprint density at radius 1 is 1.12 bits per heavy atom. The lowest BCUT2D eigenvalue weighted by Gasteiger charge is -2.19. The molecule has 0 aromatic heterocycles. The second-order valence-electron chi connectivity index (χ2n) is 5.41. The van der Waals surface area contributed by atoms with Gasteiger partial charge in [-0.15, -0.1) is 0 Å². The molecule has 0 radical (unpaired) electrons. The summed E-state index contributed by atoms with van der Waals surface area (Å²) < 4.78 is 5.05. The Morgan fingerprint density at radius 2 is 1.92 bits per heavy atom. The van der Waals surface area contributed by atoms with Gasteiger partial charge in [-0.05, 0) is 29.7 Å². The first kappa shape index (κ1) is 14.2. The Balaban J connectivity index is 1.87. The van der Waals surface area contributed by atoms with Gasteiger partial charge in [-0.3, -0.25) is 10.1 Å². The number of nitro benzene ring substituents is 1. The molecule has 0 bridgehead atoms. The molecule has 6 nitrogen and oxygen atoms in total. The summed E-state index contributed by atoms with van der Waals surface area (Å²) in [4.78, 5) is 15.4. The summed E-state index contributed by atoms with van der Waals surface area (Å²) in [6.45, 7) is 0. The zero-order chi connectivity index (χ0) is 16.7. The zero-order valence-electron chi connectivity index (χ0n) is 12.8. The van der Waals surface area contributed by atoms with Gasteiger partial charge in [0.15, 0.2) is 5.75 Å². The third kappa shape index (κ3) is 2.16. The highest BCUT2D eigenvalue weighted by molar-refractivity contribution is 6.19. The average Bonchev–Trinajstić information content (AvgIpc) is 2.61. The predicted octanol–water partition coefficient (Wildman–Crippen LogP) is 4.26. The maximum absolute atomic E-state index is 11.2. The van der Waals surface area contributed by atoms with Crippen molar-refractivity contribution in [2.45, 2.75) is 0 Å². The van der Waals surface area contributed by atoms with Crippen molar-refractivity contribution in [1.82, 2.24) is 0 Å². The van der Waals surface area contributed by atoms with E-state index in [0.717, 1.165) is 22.1 Å². The lowest BCUT2D eigenvalue weighted by molar-refractivity contribution is -0.385. The molecule has 0 unspecified atom stereocenters. The number of anilines is 1. The van der Waals surface area contributed by atoms with Gasteiger partial charge in [0.1, 0.15) is 5.84 Å². The maximum atomic E-state index is 11.2. The van der Waals surface area contributed by atoms with Gasteiger partial charge in [-0.1, -0.05) is 24.3 Å². The molecule has 3 aromatic rings. The number of ether oxygens (including phenoxy) is 1. The molecule has 118 valence electrons. The largest absolute Gasteiger partial charge is 0.490 e. The SMILES string of the molecule is COc1ccc(C2=Nc3cccc4cccc(c34)N2)cc1[N+](=O)[O-]. The van der Waals surface area contributed by atoms with Gasteiger partial charge in [0.05, 0.1) is 17.7 Å². The summed E-state index contributed by atoms with van der Waals surface area (Å²) in [6, 6.07) is 16.7. The lowest BCUT2D eigenvalue weighted by Crippen LogP contribution is -2.16. The first-order valence-corrected chi connectivity index (χ1v) is 7.37. The molecule has 0 amide bonds. The number of rotatable bonds is 3. The number of aliphatic imine (C=N–C) groups is 1. The van der Waals surface area contributed by atoms with Crippen LogP contribution in [-0.4, -0.2) is 17.9 Å². The average molecular weight is 319 g/mol. The standard InChI is InChI=1S/C18H13N3O3/c1-24-16-9-8-12(10-15(16)21(22)23)18-19-13-6-2-4-11-5-3-7-14(20-18)17(11)13/h2-10H,1H3,(H,19,20). The molecule has 4 rings (SSSR count). The molecule has 0 fully saturated rings. The van der Waals surface area contributed by atoms with Crippen molar-refractivity contribution in [3.8, 4) is 5.75 Å². The summed E-state index contributed by atoms with van der Waals surface area (Å²) in [6.07, 6.45) is 0. The normalized spacial score (nSPS) is 12.5. The van der Waals surface area contributed by atoms with E-state index in [-0.39, 0.29) is 11.4 Å². The van der Waals surface area contributed by atoms with E-state index in [0.29, 0.717) is 11.4 Å². The molecule has 1 N–H and O–H groups in total. The molecule has 0 saturated heterocycles. The van der Waals surface area contributed by atoms with Crippen LogP contribution in [0.1, 0.15) is 5.56 Å². The Bertz CT molecular complexity index is 1010. The Hall–Kier alpha value is -3.41. The molecular weight excluding hydrogens is 306 g/mol. The fraction of sp³-hybridized carbons (Fsp3) is 0.0556. The van der Waals surface area contributed by atoms with Crippen LogP contribution in [0.4, 0.5) is 17.1 Å². The van der Waals surface area contributed by atoms with Crippen LogP contribution in [0.2, 0.25) is 0 Å². The smallest absolute Gasteiger partial charge is 0.311 e. The minimum atomic E-state index is -0.458. The maximum Gasteiger partial charge on any atom is 0.311 e. The van der Waals surface area contributed by atoms with Gasteiger partial charge in [-0.2, -0.15) is 0 Å². The van der Waals surface area contributed by atoms with Crippen molar-refractivity contribution in [1.29, 1.82) is 0 Å². The molecule has 1 aliphatic rings. The topological polar surface area (TPSA) is 76.8 Å². The van der Waals surface area contributed by atoms with Crippen molar-refractivity contribution in [2.24, 2.45) is 4.99 Å².